The van der Waals surface area contributed by atoms with Crippen molar-refractivity contribution in [1.82, 2.24) is 0 Å². The van der Waals surface area contributed by atoms with Gasteiger partial charge in [-0.05, 0) is 36.0 Å². The zero-order chi connectivity index (χ0) is 11.1. The Bertz CT molecular complexity index is 291. The second-order valence-corrected chi connectivity index (χ2v) is 4.06. The maximum atomic E-state index is 10.7. The number of benzene rings is 1. The molecule has 0 N–H and O–H groups in total. The summed E-state index contributed by atoms with van der Waals surface area (Å²) in [5.74, 6) is 0. The van der Waals surface area contributed by atoms with Crippen LogP contribution in [0.1, 0.15) is 43.4 Å². The highest BCUT2D eigenvalue weighted by Crippen LogP contribution is 2.16. The van der Waals surface area contributed by atoms with Gasteiger partial charge in [-0.2, -0.15) is 0 Å². The molecule has 0 atom stereocenters. The summed E-state index contributed by atoms with van der Waals surface area (Å²) in [6.45, 7) is 4.39. The first-order valence-electron chi connectivity index (χ1n) is 6.00. The van der Waals surface area contributed by atoms with E-state index in [9.17, 15) is 5.11 Å². The van der Waals surface area contributed by atoms with Crippen molar-refractivity contribution in [2.75, 3.05) is 6.61 Å². The first kappa shape index (κ1) is 12.3. The van der Waals surface area contributed by atoms with Crippen LogP contribution in [-0.4, -0.2) is 6.61 Å². The number of rotatable bonds is 6. The third-order valence-corrected chi connectivity index (χ3v) is 2.70. The summed E-state index contributed by atoms with van der Waals surface area (Å²) in [5.41, 5.74) is 4.06. The fraction of sp³-hybridized carbons (Fsp3) is 0.571. The van der Waals surface area contributed by atoms with Crippen LogP contribution in [0.15, 0.2) is 18.2 Å². The lowest BCUT2D eigenvalue weighted by Crippen LogP contribution is -1.98. The monoisotopic (exact) mass is 205 g/mol. The van der Waals surface area contributed by atoms with Gasteiger partial charge in [0.15, 0.2) is 0 Å². The van der Waals surface area contributed by atoms with Gasteiger partial charge >= 0.3 is 0 Å². The molecule has 0 spiro atoms. The van der Waals surface area contributed by atoms with Gasteiger partial charge in [0.25, 0.3) is 0 Å². The Kier molecular flexibility index (Phi) is 5.41. The Balaban J connectivity index is 2.87. The molecule has 83 valence electrons. The van der Waals surface area contributed by atoms with E-state index < -0.39 is 0 Å². The van der Waals surface area contributed by atoms with Gasteiger partial charge < -0.3 is 0 Å². The zero-order valence-corrected chi connectivity index (χ0v) is 9.88. The molecule has 1 heteroatoms. The summed E-state index contributed by atoms with van der Waals surface area (Å²) in [4.78, 5) is 0. The van der Waals surface area contributed by atoms with E-state index >= 15 is 0 Å². The zero-order valence-electron chi connectivity index (χ0n) is 9.88. The summed E-state index contributed by atoms with van der Waals surface area (Å²) in [6.07, 6.45) is 5.27. The summed E-state index contributed by atoms with van der Waals surface area (Å²) in [5, 5.41) is 10.7. The molecule has 0 unspecified atom stereocenters. The van der Waals surface area contributed by atoms with Gasteiger partial charge in [-0.1, -0.05) is 44.9 Å². The third kappa shape index (κ3) is 3.67. The van der Waals surface area contributed by atoms with E-state index in [-0.39, 0.29) is 6.61 Å². The number of hydrogen-bond acceptors (Lipinski definition) is 0. The molecule has 0 amide bonds. The molecule has 1 rings (SSSR count). The number of hydrogen-bond donors (Lipinski definition) is 0. The van der Waals surface area contributed by atoms with E-state index in [1.807, 2.05) is 0 Å². The fourth-order valence-corrected chi connectivity index (χ4v) is 1.98. The summed E-state index contributed by atoms with van der Waals surface area (Å²) in [7, 11) is 0. The number of aryl methyl sites for hydroxylation is 2. The molecule has 1 aromatic rings. The van der Waals surface area contributed by atoms with Crippen LogP contribution in [0.3, 0.4) is 0 Å². The van der Waals surface area contributed by atoms with E-state index in [1.165, 1.54) is 23.1 Å². The minimum absolute atomic E-state index is 0.00381. The molecular formula is C14H21O. The van der Waals surface area contributed by atoms with Crippen molar-refractivity contribution in [3.8, 4) is 0 Å². The van der Waals surface area contributed by atoms with E-state index in [0.29, 0.717) is 6.42 Å². The van der Waals surface area contributed by atoms with Gasteiger partial charge in [0.2, 0.25) is 0 Å². The molecule has 0 aliphatic heterocycles. The maximum Gasteiger partial charge on any atom is 0.0862 e. The van der Waals surface area contributed by atoms with Crippen LogP contribution in [0, 0.1) is 0 Å². The van der Waals surface area contributed by atoms with Crippen LogP contribution in [0.25, 0.3) is 0 Å². The summed E-state index contributed by atoms with van der Waals surface area (Å²) in [6, 6.07) is 6.61. The van der Waals surface area contributed by atoms with Crippen molar-refractivity contribution in [2.24, 2.45) is 0 Å². The molecule has 1 nitrogen and oxygen atoms in total. The van der Waals surface area contributed by atoms with E-state index in [0.717, 1.165) is 19.3 Å². The van der Waals surface area contributed by atoms with Gasteiger partial charge in [-0.3, -0.25) is 0 Å². The second-order valence-electron chi connectivity index (χ2n) is 4.06. The van der Waals surface area contributed by atoms with Crippen LogP contribution in [0.4, 0.5) is 0 Å². The van der Waals surface area contributed by atoms with Crippen molar-refractivity contribution in [1.29, 1.82) is 0 Å². The molecule has 15 heavy (non-hydrogen) atoms. The lowest BCUT2D eigenvalue weighted by Gasteiger charge is -2.09. The highest BCUT2D eigenvalue weighted by molar-refractivity contribution is 5.32. The lowest BCUT2D eigenvalue weighted by atomic mass is 9.97. The summed E-state index contributed by atoms with van der Waals surface area (Å²) < 4.78 is 0. The normalized spacial score (nSPS) is 10.6. The Hall–Kier alpha value is -0.820. The van der Waals surface area contributed by atoms with Crippen LogP contribution < -0.4 is 0 Å². The predicted molar refractivity (Wildman–Crippen MR) is 63.7 cm³/mol. The van der Waals surface area contributed by atoms with Crippen molar-refractivity contribution in [3.05, 3.63) is 34.9 Å². The highest BCUT2D eigenvalue weighted by atomic mass is 16.2. The highest BCUT2D eigenvalue weighted by Gasteiger charge is 2.03. The fourth-order valence-electron chi connectivity index (χ4n) is 1.98. The first-order chi connectivity index (χ1) is 7.31. The minimum Gasteiger partial charge on any atom is -0.236 e. The molecule has 0 fully saturated rings. The van der Waals surface area contributed by atoms with Gasteiger partial charge in [0.1, 0.15) is 0 Å². The Morgan fingerprint density at radius 3 is 2.27 bits per heavy atom. The molecular weight excluding hydrogens is 184 g/mol. The molecule has 0 aliphatic rings. The standard InChI is InChI=1S/C14H21O/c1-3-5-12-7-8-13(9-10-15)14(11-12)6-4-2/h7-8,11H,3-6,9-10H2,1-2H3. The van der Waals surface area contributed by atoms with E-state index in [2.05, 4.69) is 32.0 Å². The van der Waals surface area contributed by atoms with Crippen molar-refractivity contribution < 1.29 is 5.11 Å². The Labute approximate surface area is 93.1 Å². The van der Waals surface area contributed by atoms with Gasteiger partial charge in [-0.25, -0.2) is 5.11 Å². The molecule has 1 aromatic carbocycles. The van der Waals surface area contributed by atoms with Gasteiger partial charge in [0.05, 0.1) is 6.61 Å². The van der Waals surface area contributed by atoms with Crippen molar-refractivity contribution >= 4 is 0 Å². The molecule has 0 saturated heterocycles. The Morgan fingerprint density at radius 1 is 0.933 bits per heavy atom. The van der Waals surface area contributed by atoms with E-state index in [1.54, 1.807) is 0 Å². The minimum atomic E-state index is 0.00381. The topological polar surface area (TPSA) is 19.9 Å². The molecule has 0 saturated carbocycles. The Morgan fingerprint density at radius 2 is 1.67 bits per heavy atom. The molecule has 0 bridgehead atoms. The van der Waals surface area contributed by atoms with Crippen LogP contribution in [0.2, 0.25) is 0 Å². The largest absolute Gasteiger partial charge is 0.236 e. The molecule has 0 heterocycles. The van der Waals surface area contributed by atoms with Crippen molar-refractivity contribution in [3.63, 3.8) is 0 Å². The smallest absolute Gasteiger partial charge is 0.0862 e. The second kappa shape index (κ2) is 6.62. The van der Waals surface area contributed by atoms with E-state index in [4.69, 9.17) is 0 Å². The third-order valence-electron chi connectivity index (χ3n) is 2.70. The maximum absolute atomic E-state index is 10.7. The predicted octanol–water partition coefficient (Wildman–Crippen LogP) is 3.56. The van der Waals surface area contributed by atoms with Gasteiger partial charge in [-0.15, -0.1) is 0 Å². The molecule has 1 radical (unpaired) electrons. The lowest BCUT2D eigenvalue weighted by molar-refractivity contribution is 0.197. The quantitative estimate of drug-likeness (QED) is 0.676. The van der Waals surface area contributed by atoms with Crippen molar-refractivity contribution in [2.45, 2.75) is 46.0 Å². The van der Waals surface area contributed by atoms with Gasteiger partial charge in [0, 0.05) is 0 Å². The van der Waals surface area contributed by atoms with Crippen LogP contribution in [0.5, 0.6) is 0 Å². The SMILES string of the molecule is CCCc1ccc(CC[O])c(CCC)c1. The first-order valence-corrected chi connectivity index (χ1v) is 6.00. The summed E-state index contributed by atoms with van der Waals surface area (Å²) >= 11 is 0. The van der Waals surface area contributed by atoms with Crippen LogP contribution >= 0.6 is 0 Å². The molecule has 0 aromatic heterocycles. The average Bonchev–Trinajstić information content (AvgIpc) is 2.23. The average molecular weight is 205 g/mol. The molecule has 0 aliphatic carbocycles. The van der Waals surface area contributed by atoms with Crippen LogP contribution in [-0.2, 0) is 24.4 Å².